The SMILES string of the molecule is C=CC(=O)Nc1ccc(-c2nn3ncnc(N)c3c2-c2ccc(C(=O)O)c(OC)c2)cc1. The summed E-state index contributed by atoms with van der Waals surface area (Å²) in [6.45, 7) is 3.43. The van der Waals surface area contributed by atoms with E-state index in [0.717, 1.165) is 5.56 Å². The minimum absolute atomic E-state index is 0.0285. The van der Waals surface area contributed by atoms with Crippen LogP contribution >= 0.6 is 0 Å². The zero-order chi connectivity index (χ0) is 22.8. The van der Waals surface area contributed by atoms with E-state index in [1.54, 1.807) is 36.4 Å². The highest BCUT2D eigenvalue weighted by Gasteiger charge is 2.22. The number of aromatic nitrogens is 4. The highest BCUT2D eigenvalue weighted by molar-refractivity contribution is 6.00. The third kappa shape index (κ3) is 3.60. The van der Waals surface area contributed by atoms with Gasteiger partial charge in [0.25, 0.3) is 0 Å². The molecule has 160 valence electrons. The molecule has 0 atom stereocenters. The standard InChI is InChI=1S/C22H18N6O4/c1-3-17(29)26-14-7-4-12(5-8-14)19-18(20-21(23)24-11-25-28(20)27-19)13-6-9-15(22(30)31)16(10-13)32-2/h3-11H,1H2,2H3,(H,26,29)(H,30,31)(H2,23,24,25). The number of carboxylic acids is 1. The van der Waals surface area contributed by atoms with Crippen molar-refractivity contribution in [1.82, 2.24) is 19.8 Å². The molecule has 0 bridgehead atoms. The predicted octanol–water partition coefficient (Wildman–Crippen LogP) is 2.87. The zero-order valence-electron chi connectivity index (χ0n) is 16.9. The summed E-state index contributed by atoms with van der Waals surface area (Å²) in [6.07, 6.45) is 2.48. The monoisotopic (exact) mass is 430 g/mol. The Kier molecular flexibility index (Phi) is 5.25. The van der Waals surface area contributed by atoms with E-state index in [1.165, 1.54) is 30.2 Å². The molecule has 10 heteroatoms. The van der Waals surface area contributed by atoms with Crippen molar-refractivity contribution < 1.29 is 19.4 Å². The number of carboxylic acid groups (broad SMARTS) is 1. The van der Waals surface area contributed by atoms with Gasteiger partial charge in [0, 0.05) is 16.8 Å². The van der Waals surface area contributed by atoms with Crippen LogP contribution < -0.4 is 15.8 Å². The molecular formula is C22H18N6O4. The number of amides is 1. The van der Waals surface area contributed by atoms with E-state index >= 15 is 0 Å². The van der Waals surface area contributed by atoms with Crippen molar-refractivity contribution >= 4 is 28.9 Å². The molecule has 0 fully saturated rings. The van der Waals surface area contributed by atoms with Crippen molar-refractivity contribution in [2.45, 2.75) is 0 Å². The highest BCUT2D eigenvalue weighted by atomic mass is 16.5. The number of nitrogens with one attached hydrogen (secondary N) is 1. The number of carbonyl (C=O) groups excluding carboxylic acids is 1. The molecule has 0 saturated heterocycles. The van der Waals surface area contributed by atoms with Crippen LogP contribution in [0, 0.1) is 0 Å². The van der Waals surface area contributed by atoms with Crippen molar-refractivity contribution in [3.05, 3.63) is 67.0 Å². The Bertz CT molecular complexity index is 1360. The molecule has 0 saturated carbocycles. The van der Waals surface area contributed by atoms with Crippen molar-refractivity contribution in [1.29, 1.82) is 0 Å². The molecular weight excluding hydrogens is 412 g/mol. The van der Waals surface area contributed by atoms with E-state index in [0.29, 0.717) is 28.0 Å². The Morgan fingerprint density at radius 2 is 1.91 bits per heavy atom. The second-order valence-electron chi connectivity index (χ2n) is 6.70. The van der Waals surface area contributed by atoms with Gasteiger partial charge in [-0.15, -0.1) is 14.8 Å². The van der Waals surface area contributed by atoms with Crippen LogP contribution in [0.3, 0.4) is 0 Å². The van der Waals surface area contributed by atoms with Gasteiger partial charge in [-0.2, -0.15) is 0 Å². The number of aromatic carboxylic acids is 1. The molecule has 0 spiro atoms. The Hall–Kier alpha value is -4.73. The topological polar surface area (TPSA) is 145 Å². The fourth-order valence-electron chi connectivity index (χ4n) is 3.32. The molecule has 4 N–H and O–H groups in total. The quantitative estimate of drug-likeness (QED) is 0.396. The summed E-state index contributed by atoms with van der Waals surface area (Å²) >= 11 is 0. The molecule has 0 aliphatic heterocycles. The van der Waals surface area contributed by atoms with E-state index in [-0.39, 0.29) is 23.0 Å². The maximum absolute atomic E-state index is 11.5. The van der Waals surface area contributed by atoms with Crippen LogP contribution in [0.4, 0.5) is 11.5 Å². The van der Waals surface area contributed by atoms with Gasteiger partial charge < -0.3 is 20.9 Å². The number of rotatable bonds is 6. The van der Waals surface area contributed by atoms with Gasteiger partial charge in [-0.05, 0) is 35.9 Å². The largest absolute Gasteiger partial charge is 0.496 e. The number of hydrogen-bond donors (Lipinski definition) is 3. The molecule has 0 radical (unpaired) electrons. The van der Waals surface area contributed by atoms with Crippen LogP contribution in [-0.4, -0.2) is 43.9 Å². The first-order valence-corrected chi connectivity index (χ1v) is 9.38. The van der Waals surface area contributed by atoms with Gasteiger partial charge in [-0.25, -0.2) is 9.78 Å². The number of fused-ring (bicyclic) bond motifs is 1. The number of nitrogen functional groups attached to an aromatic ring is 1. The first-order chi connectivity index (χ1) is 15.4. The number of anilines is 2. The molecule has 0 aliphatic rings. The smallest absolute Gasteiger partial charge is 0.339 e. The number of benzene rings is 2. The second-order valence-corrected chi connectivity index (χ2v) is 6.70. The van der Waals surface area contributed by atoms with E-state index in [1.807, 2.05) is 0 Å². The maximum atomic E-state index is 11.5. The molecule has 1 amide bonds. The van der Waals surface area contributed by atoms with E-state index < -0.39 is 5.97 Å². The third-order valence-corrected chi connectivity index (χ3v) is 4.80. The van der Waals surface area contributed by atoms with Crippen LogP contribution in [0.2, 0.25) is 0 Å². The summed E-state index contributed by atoms with van der Waals surface area (Å²) in [7, 11) is 1.40. The van der Waals surface area contributed by atoms with Gasteiger partial charge >= 0.3 is 5.97 Å². The molecule has 32 heavy (non-hydrogen) atoms. The third-order valence-electron chi connectivity index (χ3n) is 4.80. The van der Waals surface area contributed by atoms with Crippen molar-refractivity contribution in [3.63, 3.8) is 0 Å². The fraction of sp³-hybridized carbons (Fsp3) is 0.0455. The fourth-order valence-corrected chi connectivity index (χ4v) is 3.32. The highest BCUT2D eigenvalue weighted by Crippen LogP contribution is 2.38. The average molecular weight is 430 g/mol. The summed E-state index contributed by atoms with van der Waals surface area (Å²) in [5.74, 6) is -1.02. The molecule has 0 aliphatic carbocycles. The van der Waals surface area contributed by atoms with Gasteiger partial charge in [0.1, 0.15) is 28.9 Å². The summed E-state index contributed by atoms with van der Waals surface area (Å²) in [6, 6.07) is 11.7. The van der Waals surface area contributed by atoms with Crippen molar-refractivity contribution in [2.75, 3.05) is 18.2 Å². The second kappa shape index (κ2) is 8.19. The number of nitrogens with two attached hydrogens (primary N) is 1. The van der Waals surface area contributed by atoms with Gasteiger partial charge in [-0.3, -0.25) is 4.79 Å². The Labute approximate surface area is 182 Å². The van der Waals surface area contributed by atoms with Crippen molar-refractivity contribution in [2.24, 2.45) is 0 Å². The number of nitrogens with zero attached hydrogens (tertiary/aromatic N) is 4. The van der Waals surface area contributed by atoms with Crippen LogP contribution in [-0.2, 0) is 4.79 Å². The number of methoxy groups -OCH3 is 1. The lowest BCUT2D eigenvalue weighted by Crippen LogP contribution is -2.06. The van der Waals surface area contributed by atoms with Gasteiger partial charge in [0.05, 0.1) is 7.11 Å². The van der Waals surface area contributed by atoms with Crippen LogP contribution in [0.15, 0.2) is 61.4 Å². The van der Waals surface area contributed by atoms with Crippen LogP contribution in [0.5, 0.6) is 5.75 Å². The van der Waals surface area contributed by atoms with Gasteiger partial charge in [0.15, 0.2) is 5.82 Å². The molecule has 10 nitrogen and oxygen atoms in total. The van der Waals surface area contributed by atoms with Gasteiger partial charge in [0.2, 0.25) is 5.91 Å². The molecule has 2 aromatic carbocycles. The lowest BCUT2D eigenvalue weighted by atomic mass is 9.98. The first-order valence-electron chi connectivity index (χ1n) is 9.38. The van der Waals surface area contributed by atoms with E-state index in [9.17, 15) is 14.7 Å². The summed E-state index contributed by atoms with van der Waals surface area (Å²) in [5, 5.41) is 20.8. The van der Waals surface area contributed by atoms with Crippen LogP contribution in [0.1, 0.15) is 10.4 Å². The lowest BCUT2D eigenvalue weighted by molar-refractivity contribution is -0.111. The molecule has 0 unspecified atom stereocenters. The first kappa shape index (κ1) is 20.5. The summed E-state index contributed by atoms with van der Waals surface area (Å²) in [5.41, 5.74) is 9.74. The molecule has 2 aromatic heterocycles. The molecule has 2 heterocycles. The van der Waals surface area contributed by atoms with E-state index in [2.05, 4.69) is 27.1 Å². The lowest BCUT2D eigenvalue weighted by Gasteiger charge is -2.10. The average Bonchev–Trinajstić information content (AvgIpc) is 3.20. The normalized spacial score (nSPS) is 10.7. The van der Waals surface area contributed by atoms with Crippen molar-refractivity contribution in [3.8, 4) is 28.1 Å². The predicted molar refractivity (Wildman–Crippen MR) is 118 cm³/mol. The molecule has 4 rings (SSSR count). The summed E-state index contributed by atoms with van der Waals surface area (Å²) < 4.78 is 6.65. The van der Waals surface area contributed by atoms with Gasteiger partial charge in [-0.1, -0.05) is 24.8 Å². The number of ether oxygens (including phenoxy) is 1. The number of hydrogen-bond acceptors (Lipinski definition) is 7. The maximum Gasteiger partial charge on any atom is 0.339 e. The van der Waals surface area contributed by atoms with Crippen LogP contribution in [0.25, 0.3) is 27.9 Å². The summed E-state index contributed by atoms with van der Waals surface area (Å²) in [4.78, 5) is 27.1. The Morgan fingerprint density at radius 1 is 1.19 bits per heavy atom. The zero-order valence-corrected chi connectivity index (χ0v) is 16.9. The minimum atomic E-state index is -1.10. The molecule has 4 aromatic rings. The number of carbonyl (C=O) groups is 2. The Balaban J connectivity index is 1.91. The Morgan fingerprint density at radius 3 is 2.56 bits per heavy atom. The minimum Gasteiger partial charge on any atom is -0.496 e. The van der Waals surface area contributed by atoms with E-state index in [4.69, 9.17) is 10.5 Å².